The molecule has 0 spiro atoms. The van der Waals surface area contributed by atoms with E-state index < -0.39 is 5.25 Å². The summed E-state index contributed by atoms with van der Waals surface area (Å²) in [5.74, 6) is 1.29. The molecule has 4 rings (SSSR count). The first-order valence-corrected chi connectivity index (χ1v) is 10.8. The first-order chi connectivity index (χ1) is 14.0. The van der Waals surface area contributed by atoms with Crippen LogP contribution < -0.4 is 15.5 Å². The summed E-state index contributed by atoms with van der Waals surface area (Å²) in [6, 6.07) is 12.7. The van der Waals surface area contributed by atoms with Crippen LogP contribution in [0.5, 0.6) is 5.75 Å². The van der Waals surface area contributed by atoms with E-state index in [1.165, 1.54) is 11.8 Å². The van der Waals surface area contributed by atoms with Crippen molar-refractivity contribution in [2.75, 3.05) is 17.9 Å². The standard InChI is InChI=1S/C19H17BrClN5O2S/c1-10-23-24-19-26(10)25-16(11-3-6-13(28-2)7-4-11)17(29-19)18(27)22-15-8-5-12(20)9-14(15)21/h3-9,16-17,25H,1-2H3,(H,22,27)/t16-,17-/m0/s1. The number of fused-ring (bicyclic) bond motifs is 1. The summed E-state index contributed by atoms with van der Waals surface area (Å²) in [7, 11) is 1.62. The van der Waals surface area contributed by atoms with E-state index in [9.17, 15) is 4.79 Å². The van der Waals surface area contributed by atoms with E-state index in [-0.39, 0.29) is 11.9 Å². The number of hydrogen-bond donors (Lipinski definition) is 2. The molecule has 0 bridgehead atoms. The molecule has 0 unspecified atom stereocenters. The molecule has 29 heavy (non-hydrogen) atoms. The number of aromatic nitrogens is 3. The first kappa shape index (κ1) is 20.1. The highest BCUT2D eigenvalue weighted by atomic mass is 79.9. The third-order valence-corrected chi connectivity index (χ3v) is 6.54. The highest BCUT2D eigenvalue weighted by molar-refractivity contribution is 9.10. The number of carbonyl (C=O) groups is 1. The normalized spacial score (nSPS) is 17.9. The second-order valence-electron chi connectivity index (χ2n) is 6.40. The van der Waals surface area contributed by atoms with Crippen molar-refractivity contribution in [2.45, 2.75) is 23.4 Å². The molecule has 2 N–H and O–H groups in total. The topological polar surface area (TPSA) is 81.1 Å². The number of anilines is 1. The lowest BCUT2D eigenvalue weighted by Gasteiger charge is -2.32. The molecule has 3 aromatic rings. The van der Waals surface area contributed by atoms with Gasteiger partial charge in [-0.3, -0.25) is 4.79 Å². The van der Waals surface area contributed by atoms with Crippen LogP contribution in [0, 0.1) is 6.92 Å². The van der Waals surface area contributed by atoms with Gasteiger partial charge in [0.1, 0.15) is 16.8 Å². The summed E-state index contributed by atoms with van der Waals surface area (Å²) in [4.78, 5) is 13.2. The predicted octanol–water partition coefficient (Wildman–Crippen LogP) is 4.41. The number of amides is 1. The molecule has 10 heteroatoms. The number of aryl methyl sites for hydroxylation is 1. The van der Waals surface area contributed by atoms with Crippen LogP contribution in [-0.4, -0.2) is 33.1 Å². The Hall–Kier alpha value is -2.23. The van der Waals surface area contributed by atoms with Gasteiger partial charge < -0.3 is 15.5 Å². The monoisotopic (exact) mass is 493 g/mol. The maximum atomic E-state index is 13.2. The van der Waals surface area contributed by atoms with Crippen molar-refractivity contribution < 1.29 is 9.53 Å². The fourth-order valence-electron chi connectivity index (χ4n) is 3.02. The lowest BCUT2D eigenvalue weighted by atomic mass is 10.0. The average Bonchev–Trinajstić information content (AvgIpc) is 3.09. The Morgan fingerprint density at radius 2 is 2.03 bits per heavy atom. The van der Waals surface area contributed by atoms with Crippen LogP contribution in [0.1, 0.15) is 17.4 Å². The second-order valence-corrected chi connectivity index (χ2v) is 8.83. The minimum atomic E-state index is -0.487. The molecule has 150 valence electrons. The van der Waals surface area contributed by atoms with Crippen molar-refractivity contribution in [2.24, 2.45) is 0 Å². The Morgan fingerprint density at radius 1 is 1.28 bits per heavy atom. The van der Waals surface area contributed by atoms with Gasteiger partial charge in [0.2, 0.25) is 11.1 Å². The molecule has 7 nitrogen and oxygen atoms in total. The first-order valence-electron chi connectivity index (χ1n) is 8.71. The van der Waals surface area contributed by atoms with E-state index in [1.807, 2.05) is 37.3 Å². The molecule has 2 aromatic carbocycles. The molecule has 1 aromatic heterocycles. The highest BCUT2D eigenvalue weighted by Gasteiger charge is 2.37. The number of carbonyl (C=O) groups excluding carboxylic acids is 1. The van der Waals surface area contributed by atoms with Crippen molar-refractivity contribution in [3.05, 3.63) is 63.3 Å². The number of nitrogens with one attached hydrogen (secondary N) is 2. The Labute approximate surface area is 185 Å². The van der Waals surface area contributed by atoms with Crippen molar-refractivity contribution in [1.82, 2.24) is 14.9 Å². The number of benzene rings is 2. The van der Waals surface area contributed by atoms with E-state index >= 15 is 0 Å². The van der Waals surface area contributed by atoms with Gasteiger partial charge in [0.05, 0.1) is 23.9 Å². The summed E-state index contributed by atoms with van der Waals surface area (Å²) < 4.78 is 7.89. The maximum absolute atomic E-state index is 13.2. The predicted molar refractivity (Wildman–Crippen MR) is 117 cm³/mol. The fourth-order valence-corrected chi connectivity index (χ4v) is 4.86. The van der Waals surface area contributed by atoms with Gasteiger partial charge in [-0.1, -0.05) is 51.4 Å². The smallest absolute Gasteiger partial charge is 0.240 e. The van der Waals surface area contributed by atoms with E-state index in [2.05, 4.69) is 36.9 Å². The molecule has 0 aliphatic carbocycles. The van der Waals surface area contributed by atoms with E-state index in [4.69, 9.17) is 16.3 Å². The van der Waals surface area contributed by atoms with Gasteiger partial charge in [0.25, 0.3) is 0 Å². The second kappa shape index (κ2) is 8.25. The largest absolute Gasteiger partial charge is 0.497 e. The van der Waals surface area contributed by atoms with Crippen LogP contribution in [0.4, 0.5) is 5.69 Å². The van der Waals surface area contributed by atoms with E-state index in [0.29, 0.717) is 15.9 Å². The third-order valence-electron chi connectivity index (χ3n) is 4.52. The van der Waals surface area contributed by atoms with Crippen molar-refractivity contribution >= 4 is 50.9 Å². The van der Waals surface area contributed by atoms with Crippen molar-refractivity contribution in [3.8, 4) is 5.75 Å². The zero-order valence-corrected chi connectivity index (χ0v) is 18.7. The zero-order valence-electron chi connectivity index (χ0n) is 15.5. The van der Waals surface area contributed by atoms with Gasteiger partial charge in [0, 0.05) is 4.47 Å². The number of halogens is 2. The molecule has 0 saturated carbocycles. The van der Waals surface area contributed by atoms with E-state index in [1.54, 1.807) is 23.9 Å². The number of rotatable bonds is 4. The minimum absolute atomic E-state index is 0.181. The Morgan fingerprint density at radius 3 is 2.72 bits per heavy atom. The molecule has 1 aliphatic heterocycles. The van der Waals surface area contributed by atoms with Gasteiger partial charge in [-0.2, -0.15) is 0 Å². The SMILES string of the molecule is COc1ccc([C@@H]2Nn3c(C)nnc3S[C@@H]2C(=O)Nc2ccc(Br)cc2Cl)cc1. The number of nitrogens with zero attached hydrogens (tertiary/aromatic N) is 3. The molecule has 1 aliphatic rings. The summed E-state index contributed by atoms with van der Waals surface area (Å²) in [6.45, 7) is 1.86. The van der Waals surface area contributed by atoms with Crippen LogP contribution in [-0.2, 0) is 4.79 Å². The number of hydrogen-bond acceptors (Lipinski definition) is 6. The highest BCUT2D eigenvalue weighted by Crippen LogP contribution is 2.38. The molecule has 0 fully saturated rings. The summed E-state index contributed by atoms with van der Waals surface area (Å²) in [6.07, 6.45) is 0. The Kier molecular flexibility index (Phi) is 5.71. The average molecular weight is 495 g/mol. The summed E-state index contributed by atoms with van der Waals surface area (Å²) >= 11 is 11.0. The number of ether oxygens (including phenoxy) is 1. The molecular formula is C19H17BrClN5O2S. The number of thioether (sulfide) groups is 1. The lowest BCUT2D eigenvalue weighted by molar-refractivity contribution is -0.116. The molecule has 2 heterocycles. The molecular weight excluding hydrogens is 478 g/mol. The summed E-state index contributed by atoms with van der Waals surface area (Å²) in [5, 5.41) is 11.8. The van der Waals surface area contributed by atoms with Gasteiger partial charge >= 0.3 is 0 Å². The van der Waals surface area contributed by atoms with Crippen LogP contribution in [0.25, 0.3) is 0 Å². The molecule has 0 saturated heterocycles. The van der Waals surface area contributed by atoms with Crippen LogP contribution in [0.2, 0.25) is 5.02 Å². The van der Waals surface area contributed by atoms with Crippen LogP contribution in [0.15, 0.2) is 52.1 Å². The lowest BCUT2D eigenvalue weighted by Crippen LogP contribution is -2.41. The quantitative estimate of drug-likeness (QED) is 0.559. The Balaban J connectivity index is 1.66. The van der Waals surface area contributed by atoms with E-state index in [0.717, 1.165) is 21.6 Å². The van der Waals surface area contributed by atoms with Crippen LogP contribution >= 0.6 is 39.3 Å². The molecule has 1 amide bonds. The fraction of sp³-hybridized carbons (Fsp3) is 0.211. The maximum Gasteiger partial charge on any atom is 0.240 e. The zero-order chi connectivity index (χ0) is 20.5. The Bertz CT molecular complexity index is 1060. The molecule has 2 atom stereocenters. The van der Waals surface area contributed by atoms with Gasteiger partial charge in [0.15, 0.2) is 0 Å². The van der Waals surface area contributed by atoms with Gasteiger partial charge in [-0.15, -0.1) is 10.2 Å². The van der Waals surface area contributed by atoms with Crippen molar-refractivity contribution in [1.29, 1.82) is 0 Å². The van der Waals surface area contributed by atoms with Crippen molar-refractivity contribution in [3.63, 3.8) is 0 Å². The summed E-state index contributed by atoms with van der Waals surface area (Å²) in [5.41, 5.74) is 4.86. The van der Waals surface area contributed by atoms with Crippen LogP contribution in [0.3, 0.4) is 0 Å². The van der Waals surface area contributed by atoms with Gasteiger partial charge in [-0.05, 0) is 42.8 Å². The molecule has 0 radical (unpaired) electrons. The third kappa shape index (κ3) is 4.08. The van der Waals surface area contributed by atoms with Gasteiger partial charge in [-0.25, -0.2) is 4.68 Å². The minimum Gasteiger partial charge on any atom is -0.497 e. The number of methoxy groups -OCH3 is 1.